The van der Waals surface area contributed by atoms with Crippen molar-refractivity contribution in [3.05, 3.63) is 23.8 Å². The van der Waals surface area contributed by atoms with Crippen LogP contribution in [0.3, 0.4) is 0 Å². The van der Waals surface area contributed by atoms with Gasteiger partial charge < -0.3 is 0 Å². The average molecular weight is 393 g/mol. The van der Waals surface area contributed by atoms with Gasteiger partial charge >= 0.3 is 101 Å². The van der Waals surface area contributed by atoms with Gasteiger partial charge in [0.05, 0.1) is 0 Å². The molecule has 1 heterocycles. The normalized spacial score (nSPS) is 24.8. The van der Waals surface area contributed by atoms with Gasteiger partial charge in [-0.05, 0) is 0 Å². The SMILES string of the molecule is Cc1ccc2c(c1)OP(Br)(Br)(Br)O2. The van der Waals surface area contributed by atoms with Crippen molar-refractivity contribution in [2.45, 2.75) is 6.92 Å². The number of hydrogen-bond acceptors (Lipinski definition) is 2. The van der Waals surface area contributed by atoms with Crippen molar-refractivity contribution in [2.75, 3.05) is 0 Å². The molecule has 13 heavy (non-hydrogen) atoms. The van der Waals surface area contributed by atoms with E-state index in [4.69, 9.17) is 9.05 Å². The second-order valence-electron chi connectivity index (χ2n) is 2.81. The van der Waals surface area contributed by atoms with Crippen molar-refractivity contribution < 1.29 is 9.05 Å². The molecule has 1 aliphatic rings. The van der Waals surface area contributed by atoms with Gasteiger partial charge in [0.15, 0.2) is 0 Å². The van der Waals surface area contributed by atoms with E-state index in [1.54, 1.807) is 0 Å². The summed E-state index contributed by atoms with van der Waals surface area (Å²) in [4.78, 5) is 0. The molecule has 1 aromatic carbocycles. The van der Waals surface area contributed by atoms with Crippen LogP contribution < -0.4 is 9.05 Å². The summed E-state index contributed by atoms with van der Waals surface area (Å²) >= 11 is 10.1. The molecule has 0 aliphatic carbocycles. The Hall–Kier alpha value is 0.690. The molecule has 0 spiro atoms. The van der Waals surface area contributed by atoms with E-state index in [0.717, 1.165) is 17.1 Å². The quantitative estimate of drug-likeness (QED) is 0.573. The molecule has 1 aliphatic heterocycles. The molecule has 0 aromatic heterocycles. The van der Waals surface area contributed by atoms with Crippen molar-refractivity contribution in [3.8, 4) is 11.5 Å². The Morgan fingerprint density at radius 1 is 1.08 bits per heavy atom. The first kappa shape index (κ1) is 10.2. The first-order valence-corrected chi connectivity index (χ1v) is 11.6. The number of halogens is 3. The van der Waals surface area contributed by atoms with Crippen LogP contribution in [0.4, 0.5) is 0 Å². The topological polar surface area (TPSA) is 18.5 Å². The van der Waals surface area contributed by atoms with Crippen LogP contribution in [0.2, 0.25) is 0 Å². The second-order valence-corrected chi connectivity index (χ2v) is 24.7. The molecule has 0 fully saturated rings. The van der Waals surface area contributed by atoms with Crippen LogP contribution in [-0.4, -0.2) is 0 Å². The molecule has 0 bridgehead atoms. The molecule has 72 valence electrons. The van der Waals surface area contributed by atoms with Crippen molar-refractivity contribution >= 4 is 49.6 Å². The molecule has 6 heteroatoms. The van der Waals surface area contributed by atoms with Gasteiger partial charge in [0.1, 0.15) is 0 Å². The van der Waals surface area contributed by atoms with Gasteiger partial charge in [-0.1, -0.05) is 0 Å². The molecule has 0 atom stereocenters. The molecule has 1 aromatic rings. The van der Waals surface area contributed by atoms with Crippen molar-refractivity contribution in [3.63, 3.8) is 0 Å². The van der Waals surface area contributed by atoms with Gasteiger partial charge in [-0.3, -0.25) is 0 Å². The number of benzene rings is 1. The van der Waals surface area contributed by atoms with E-state index in [0.29, 0.717) is 0 Å². The Morgan fingerprint density at radius 3 is 2.38 bits per heavy atom. The molecule has 0 saturated heterocycles. The summed E-state index contributed by atoms with van der Waals surface area (Å²) in [7, 11) is 0. The molecule has 2 rings (SSSR count). The summed E-state index contributed by atoms with van der Waals surface area (Å²) < 4.78 is 8.32. The van der Waals surface area contributed by atoms with Crippen LogP contribution in [0.1, 0.15) is 5.56 Å². The van der Waals surface area contributed by atoms with Crippen LogP contribution in [-0.2, 0) is 0 Å². The Labute approximate surface area is 100 Å². The molecule has 0 amide bonds. The van der Waals surface area contributed by atoms with Gasteiger partial charge in [-0.2, -0.15) is 0 Å². The number of hydrogen-bond donors (Lipinski definition) is 0. The number of aryl methyl sites for hydroxylation is 1. The first-order chi connectivity index (χ1) is 5.83. The van der Waals surface area contributed by atoms with Gasteiger partial charge in [-0.15, -0.1) is 0 Å². The zero-order valence-electron chi connectivity index (χ0n) is 6.63. The van der Waals surface area contributed by atoms with E-state index in [2.05, 4.69) is 46.5 Å². The molecular formula is C7H6Br3O2P. The summed E-state index contributed by atoms with van der Waals surface area (Å²) in [6.45, 7) is 2.01. The summed E-state index contributed by atoms with van der Waals surface area (Å²) in [5.41, 5.74) is 1.14. The third-order valence-corrected chi connectivity index (χ3v) is 5.14. The van der Waals surface area contributed by atoms with Crippen LogP contribution in [0.25, 0.3) is 0 Å². The standard InChI is InChI=1S/C7H6Br3O2P/c1-5-2-3-6-7(4-5)12-13(8,9,10)11-6/h2-4H,1H3. The van der Waals surface area contributed by atoms with E-state index in [1.165, 1.54) is 0 Å². The molecule has 2 nitrogen and oxygen atoms in total. The van der Waals surface area contributed by atoms with E-state index < -0.39 is 3.16 Å². The zero-order valence-corrected chi connectivity index (χ0v) is 12.3. The van der Waals surface area contributed by atoms with E-state index in [-0.39, 0.29) is 0 Å². The van der Waals surface area contributed by atoms with Crippen LogP contribution in [0.15, 0.2) is 18.2 Å². The third kappa shape index (κ3) is 2.20. The molecule has 0 saturated carbocycles. The van der Waals surface area contributed by atoms with Crippen LogP contribution >= 0.6 is 49.6 Å². The Balaban J connectivity index is 2.47. The fourth-order valence-electron chi connectivity index (χ4n) is 1.08. The molecule has 0 radical (unpaired) electrons. The Bertz CT molecular complexity index is 372. The predicted octanol–water partition coefficient (Wildman–Crippen LogP) is 5.08. The van der Waals surface area contributed by atoms with Crippen LogP contribution in [0, 0.1) is 6.92 Å². The minimum absolute atomic E-state index is 0.744. The van der Waals surface area contributed by atoms with E-state index in [1.807, 2.05) is 25.1 Å². The maximum atomic E-state index is 5.62. The Morgan fingerprint density at radius 2 is 1.69 bits per heavy atom. The van der Waals surface area contributed by atoms with E-state index >= 15 is 0 Å². The van der Waals surface area contributed by atoms with Gasteiger partial charge in [0.25, 0.3) is 0 Å². The zero-order chi connectivity index (χ0) is 9.71. The Kier molecular flexibility index (Phi) is 2.24. The van der Waals surface area contributed by atoms with Gasteiger partial charge in [-0.25, -0.2) is 0 Å². The average Bonchev–Trinajstić information content (AvgIpc) is 2.17. The summed E-state index contributed by atoms with van der Waals surface area (Å²) in [6.07, 6.45) is 0. The van der Waals surface area contributed by atoms with Crippen LogP contribution in [0.5, 0.6) is 11.5 Å². The maximum absolute atomic E-state index is 5.62. The number of rotatable bonds is 0. The minimum atomic E-state index is -2.89. The first-order valence-electron chi connectivity index (χ1n) is 3.52. The fraction of sp³-hybridized carbons (Fsp3) is 0.143. The third-order valence-electron chi connectivity index (χ3n) is 1.58. The molecular weight excluding hydrogens is 387 g/mol. The van der Waals surface area contributed by atoms with Gasteiger partial charge in [0.2, 0.25) is 0 Å². The molecule has 0 unspecified atom stereocenters. The van der Waals surface area contributed by atoms with Crippen molar-refractivity contribution in [1.29, 1.82) is 0 Å². The summed E-state index contributed by atoms with van der Waals surface area (Å²) in [6, 6.07) is 5.81. The fourth-order valence-corrected chi connectivity index (χ4v) is 4.83. The summed E-state index contributed by atoms with van der Waals surface area (Å²) in [5, 5.41) is 0. The molecule has 0 N–H and O–H groups in total. The number of fused-ring (bicyclic) bond motifs is 1. The monoisotopic (exact) mass is 390 g/mol. The summed E-state index contributed by atoms with van der Waals surface area (Å²) in [5.74, 6) is 1.50. The van der Waals surface area contributed by atoms with Crippen molar-refractivity contribution in [2.24, 2.45) is 0 Å². The van der Waals surface area contributed by atoms with Gasteiger partial charge in [0, 0.05) is 0 Å². The van der Waals surface area contributed by atoms with E-state index in [9.17, 15) is 0 Å². The predicted molar refractivity (Wildman–Crippen MR) is 66.1 cm³/mol. The second kappa shape index (κ2) is 2.84. The van der Waals surface area contributed by atoms with Crippen molar-refractivity contribution in [1.82, 2.24) is 0 Å².